The average molecular weight is 234 g/mol. The van der Waals surface area contributed by atoms with E-state index in [1.165, 1.54) is 7.11 Å². The van der Waals surface area contributed by atoms with Crippen molar-refractivity contribution in [2.45, 2.75) is 12.1 Å². The smallest absolute Gasteiger partial charge is 0.325 e. The van der Waals surface area contributed by atoms with E-state index in [0.29, 0.717) is 0 Å². The molecule has 0 aromatic heterocycles. The fourth-order valence-corrected chi connectivity index (χ4v) is 1.91. The molecule has 5 heteroatoms. The average Bonchev–Trinajstić information content (AvgIpc) is 2.39. The highest BCUT2D eigenvalue weighted by atomic mass is 16.5. The van der Waals surface area contributed by atoms with Crippen molar-refractivity contribution in [2.24, 2.45) is 0 Å². The van der Waals surface area contributed by atoms with Crippen LogP contribution in [0.2, 0.25) is 0 Å². The number of carbonyl (C=O) groups excluding carboxylic acids is 2. The van der Waals surface area contributed by atoms with E-state index < -0.39 is 6.04 Å². The highest BCUT2D eigenvalue weighted by Gasteiger charge is 2.35. The van der Waals surface area contributed by atoms with Gasteiger partial charge >= 0.3 is 5.97 Å². The van der Waals surface area contributed by atoms with Gasteiger partial charge in [-0.15, -0.1) is 0 Å². The lowest BCUT2D eigenvalue weighted by atomic mass is 9.97. The Balaban J connectivity index is 2.26. The lowest BCUT2D eigenvalue weighted by Crippen LogP contribution is -2.57. The van der Waals surface area contributed by atoms with Gasteiger partial charge in [0.1, 0.15) is 6.04 Å². The Morgan fingerprint density at radius 2 is 2.06 bits per heavy atom. The molecule has 0 bridgehead atoms. The molecule has 0 radical (unpaired) electrons. The second-order valence-corrected chi connectivity index (χ2v) is 3.84. The van der Waals surface area contributed by atoms with Crippen LogP contribution < -0.4 is 10.6 Å². The molecule has 17 heavy (non-hydrogen) atoms. The van der Waals surface area contributed by atoms with E-state index in [-0.39, 0.29) is 24.5 Å². The summed E-state index contributed by atoms with van der Waals surface area (Å²) in [5.41, 5.74) is 0.878. The third-order valence-electron chi connectivity index (χ3n) is 2.75. The van der Waals surface area contributed by atoms with Gasteiger partial charge in [0.2, 0.25) is 5.91 Å². The number of methoxy groups -OCH3 is 1. The first kappa shape index (κ1) is 11.6. The number of piperazine rings is 1. The molecule has 1 heterocycles. The SMILES string of the molecule is COC(=O)[C@@H]1NCC(=O)N[C@H]1c1ccccc1. The molecule has 0 saturated carbocycles. The number of nitrogens with one attached hydrogen (secondary N) is 2. The van der Waals surface area contributed by atoms with E-state index in [9.17, 15) is 9.59 Å². The molecule has 1 saturated heterocycles. The summed E-state index contributed by atoms with van der Waals surface area (Å²) in [7, 11) is 1.34. The summed E-state index contributed by atoms with van der Waals surface area (Å²) in [5, 5.41) is 5.68. The standard InChI is InChI=1S/C12H14N2O3/c1-17-12(16)11-10(14-9(15)7-13-11)8-5-3-2-4-6-8/h2-6,10-11,13H,7H2,1H3,(H,14,15)/t10-,11+/m0/s1. The molecule has 2 rings (SSSR count). The molecule has 1 aliphatic heterocycles. The van der Waals surface area contributed by atoms with Crippen LogP contribution in [-0.4, -0.2) is 31.6 Å². The Labute approximate surface area is 99.2 Å². The Morgan fingerprint density at radius 3 is 2.71 bits per heavy atom. The number of rotatable bonds is 2. The molecule has 2 atom stereocenters. The summed E-state index contributed by atoms with van der Waals surface area (Å²) in [5.74, 6) is -0.502. The minimum Gasteiger partial charge on any atom is -0.468 e. The second-order valence-electron chi connectivity index (χ2n) is 3.84. The monoisotopic (exact) mass is 234 g/mol. The van der Waals surface area contributed by atoms with Gasteiger partial charge in [0, 0.05) is 0 Å². The maximum atomic E-state index is 11.6. The maximum absolute atomic E-state index is 11.6. The highest BCUT2D eigenvalue weighted by Crippen LogP contribution is 2.19. The van der Waals surface area contributed by atoms with Crippen molar-refractivity contribution in [1.82, 2.24) is 10.6 Å². The van der Waals surface area contributed by atoms with Crippen LogP contribution in [0.4, 0.5) is 0 Å². The minimum absolute atomic E-state index is 0.126. The number of carbonyl (C=O) groups is 2. The first-order chi connectivity index (χ1) is 8.22. The van der Waals surface area contributed by atoms with Gasteiger partial charge in [-0.1, -0.05) is 30.3 Å². The number of ether oxygens (including phenoxy) is 1. The van der Waals surface area contributed by atoms with Crippen molar-refractivity contribution in [3.8, 4) is 0 Å². The molecule has 1 aromatic carbocycles. The molecule has 90 valence electrons. The van der Waals surface area contributed by atoms with Gasteiger partial charge in [-0.2, -0.15) is 0 Å². The number of benzene rings is 1. The van der Waals surface area contributed by atoms with Crippen LogP contribution in [-0.2, 0) is 14.3 Å². The van der Waals surface area contributed by atoms with Gasteiger partial charge in [-0.3, -0.25) is 14.9 Å². The summed E-state index contributed by atoms with van der Waals surface area (Å²) in [6, 6.07) is 8.43. The molecule has 2 N–H and O–H groups in total. The predicted octanol–water partition coefficient (Wildman–Crippen LogP) is -0.0113. The molecule has 1 fully saturated rings. The second kappa shape index (κ2) is 4.97. The normalized spacial score (nSPS) is 23.9. The fourth-order valence-electron chi connectivity index (χ4n) is 1.91. The molecular weight excluding hydrogens is 220 g/mol. The van der Waals surface area contributed by atoms with E-state index in [0.717, 1.165) is 5.56 Å². The van der Waals surface area contributed by atoms with Crippen LogP contribution in [0.5, 0.6) is 0 Å². The summed E-state index contributed by atoms with van der Waals surface area (Å²) in [6.45, 7) is 0.128. The van der Waals surface area contributed by atoms with Crippen LogP contribution in [0.15, 0.2) is 30.3 Å². The van der Waals surface area contributed by atoms with Gasteiger partial charge in [0.25, 0.3) is 0 Å². The van der Waals surface area contributed by atoms with Crippen LogP contribution in [0, 0.1) is 0 Å². The van der Waals surface area contributed by atoms with Gasteiger partial charge in [-0.05, 0) is 5.56 Å². The molecule has 0 spiro atoms. The largest absolute Gasteiger partial charge is 0.468 e. The predicted molar refractivity (Wildman–Crippen MR) is 61.1 cm³/mol. The Bertz CT molecular complexity index is 419. The topological polar surface area (TPSA) is 67.4 Å². The van der Waals surface area contributed by atoms with Crippen molar-refractivity contribution in [2.75, 3.05) is 13.7 Å². The van der Waals surface area contributed by atoms with Crippen molar-refractivity contribution >= 4 is 11.9 Å². The van der Waals surface area contributed by atoms with E-state index in [1.54, 1.807) is 0 Å². The highest BCUT2D eigenvalue weighted by molar-refractivity contribution is 5.85. The van der Waals surface area contributed by atoms with Crippen molar-refractivity contribution in [3.63, 3.8) is 0 Å². The zero-order valence-electron chi connectivity index (χ0n) is 9.47. The molecule has 1 aliphatic rings. The van der Waals surface area contributed by atoms with E-state index in [4.69, 9.17) is 4.74 Å². The van der Waals surface area contributed by atoms with Gasteiger partial charge in [0.15, 0.2) is 0 Å². The molecule has 1 amide bonds. The molecular formula is C12H14N2O3. The van der Waals surface area contributed by atoms with Crippen LogP contribution >= 0.6 is 0 Å². The quantitative estimate of drug-likeness (QED) is 0.706. The van der Waals surface area contributed by atoms with E-state index >= 15 is 0 Å². The van der Waals surface area contributed by atoms with E-state index in [2.05, 4.69) is 10.6 Å². The first-order valence-electron chi connectivity index (χ1n) is 5.38. The lowest BCUT2D eigenvalue weighted by Gasteiger charge is -2.31. The summed E-state index contributed by atoms with van der Waals surface area (Å²) in [4.78, 5) is 23.0. The Hall–Kier alpha value is -1.88. The Kier molecular flexibility index (Phi) is 3.39. The van der Waals surface area contributed by atoms with Crippen LogP contribution in [0.1, 0.15) is 11.6 Å². The number of amides is 1. The van der Waals surface area contributed by atoms with Crippen LogP contribution in [0.25, 0.3) is 0 Å². The van der Waals surface area contributed by atoms with Gasteiger partial charge in [-0.25, -0.2) is 0 Å². The van der Waals surface area contributed by atoms with Crippen LogP contribution in [0.3, 0.4) is 0 Å². The fraction of sp³-hybridized carbons (Fsp3) is 0.333. The molecule has 5 nitrogen and oxygen atoms in total. The minimum atomic E-state index is -0.542. The zero-order valence-corrected chi connectivity index (χ0v) is 9.47. The van der Waals surface area contributed by atoms with Crippen molar-refractivity contribution < 1.29 is 14.3 Å². The van der Waals surface area contributed by atoms with E-state index in [1.807, 2.05) is 30.3 Å². The maximum Gasteiger partial charge on any atom is 0.325 e. The molecule has 0 aliphatic carbocycles. The van der Waals surface area contributed by atoms with Crippen molar-refractivity contribution in [3.05, 3.63) is 35.9 Å². The number of hydrogen-bond acceptors (Lipinski definition) is 4. The summed E-state index contributed by atoms with van der Waals surface area (Å²) < 4.78 is 4.72. The van der Waals surface area contributed by atoms with Gasteiger partial charge in [0.05, 0.1) is 19.7 Å². The lowest BCUT2D eigenvalue weighted by molar-refractivity contribution is -0.145. The van der Waals surface area contributed by atoms with Gasteiger partial charge < -0.3 is 10.1 Å². The molecule has 0 unspecified atom stereocenters. The first-order valence-corrected chi connectivity index (χ1v) is 5.38. The summed E-state index contributed by atoms with van der Waals surface area (Å²) >= 11 is 0. The van der Waals surface area contributed by atoms with Crippen molar-refractivity contribution in [1.29, 1.82) is 0 Å². The third kappa shape index (κ3) is 2.45. The zero-order chi connectivity index (χ0) is 12.3. The third-order valence-corrected chi connectivity index (χ3v) is 2.75. The number of esters is 1. The molecule has 1 aromatic rings. The Morgan fingerprint density at radius 1 is 1.35 bits per heavy atom. The summed E-state index contributed by atoms with van der Waals surface area (Å²) in [6.07, 6.45) is 0. The number of hydrogen-bond donors (Lipinski definition) is 2.